The number of carbonyl (C=O) groups is 1. The number of carbonyl (C=O) groups excluding carboxylic acids is 1. The molecule has 1 aliphatic carbocycles. The zero-order valence-electron chi connectivity index (χ0n) is 12.6. The van der Waals surface area contributed by atoms with Gasteiger partial charge in [0.2, 0.25) is 0 Å². The number of hydrogen-bond donors (Lipinski definition) is 2. The molecular formula is C18H20N2O2. The van der Waals surface area contributed by atoms with Gasteiger partial charge in [-0.05, 0) is 31.6 Å². The van der Waals surface area contributed by atoms with Crippen molar-refractivity contribution < 1.29 is 9.53 Å². The van der Waals surface area contributed by atoms with Crippen molar-refractivity contribution in [1.82, 2.24) is 0 Å². The molecule has 0 saturated carbocycles. The maximum Gasteiger partial charge on any atom is 0.290 e. The lowest BCUT2D eigenvalue weighted by atomic mass is 10.2. The van der Waals surface area contributed by atoms with Crippen molar-refractivity contribution in [1.29, 1.82) is 0 Å². The second-order valence-corrected chi connectivity index (χ2v) is 4.97. The van der Waals surface area contributed by atoms with E-state index in [1.54, 1.807) is 0 Å². The van der Waals surface area contributed by atoms with Crippen LogP contribution in [0.25, 0.3) is 0 Å². The Hall–Kier alpha value is -2.59. The summed E-state index contributed by atoms with van der Waals surface area (Å²) in [4.78, 5) is 12.1. The Morgan fingerprint density at radius 1 is 1.36 bits per heavy atom. The van der Waals surface area contributed by atoms with Crippen LogP contribution >= 0.6 is 0 Å². The van der Waals surface area contributed by atoms with Crippen LogP contribution in [0, 0.1) is 6.92 Å². The molecule has 2 rings (SSSR count). The minimum Gasteiger partial charge on any atom is -0.452 e. The lowest BCUT2D eigenvalue weighted by Gasteiger charge is -2.13. The number of aryl methyl sites for hydroxylation is 1. The highest BCUT2D eigenvalue weighted by molar-refractivity contribution is 6.01. The predicted molar refractivity (Wildman–Crippen MR) is 89.0 cm³/mol. The fourth-order valence-corrected chi connectivity index (χ4v) is 1.94. The van der Waals surface area contributed by atoms with Crippen molar-refractivity contribution in [3.05, 3.63) is 77.8 Å². The second-order valence-electron chi connectivity index (χ2n) is 4.97. The van der Waals surface area contributed by atoms with Gasteiger partial charge in [0, 0.05) is 17.8 Å². The van der Waals surface area contributed by atoms with Crippen LogP contribution in [-0.2, 0) is 9.53 Å². The molecule has 0 fully saturated rings. The highest BCUT2D eigenvalue weighted by Crippen LogP contribution is 2.19. The largest absolute Gasteiger partial charge is 0.452 e. The summed E-state index contributed by atoms with van der Waals surface area (Å²) >= 11 is 0. The topological polar surface area (TPSA) is 64.3 Å². The van der Waals surface area contributed by atoms with Gasteiger partial charge in [-0.15, -0.1) is 0 Å². The zero-order chi connectivity index (χ0) is 15.9. The van der Waals surface area contributed by atoms with Crippen LogP contribution in [-0.4, -0.2) is 12.5 Å². The molecule has 22 heavy (non-hydrogen) atoms. The van der Waals surface area contributed by atoms with Crippen molar-refractivity contribution in [2.24, 2.45) is 5.73 Å². The van der Waals surface area contributed by atoms with E-state index in [-0.39, 0.29) is 11.7 Å². The quantitative estimate of drug-likeness (QED) is 0.648. The Labute approximate surface area is 130 Å². The molecule has 1 aromatic rings. The van der Waals surface area contributed by atoms with Crippen LogP contribution in [0.2, 0.25) is 0 Å². The van der Waals surface area contributed by atoms with Gasteiger partial charge in [-0.1, -0.05) is 42.5 Å². The van der Waals surface area contributed by atoms with Crippen LogP contribution in [0.15, 0.2) is 72.2 Å². The highest BCUT2D eigenvalue weighted by atomic mass is 16.5. The molecule has 0 spiro atoms. The molecule has 0 radical (unpaired) electrons. The van der Waals surface area contributed by atoms with Gasteiger partial charge in [-0.2, -0.15) is 0 Å². The Bertz CT molecular complexity index is 652. The van der Waals surface area contributed by atoms with Crippen LogP contribution in [0.3, 0.4) is 0 Å². The molecule has 1 amide bonds. The molecule has 0 unspecified atom stereocenters. The summed E-state index contributed by atoms with van der Waals surface area (Å²) in [5.41, 5.74) is 8.36. The molecule has 1 aromatic carbocycles. The molecule has 0 saturated heterocycles. The van der Waals surface area contributed by atoms with E-state index < -0.39 is 0 Å². The minimum atomic E-state index is -0.377. The summed E-state index contributed by atoms with van der Waals surface area (Å²) in [6, 6.07) is 7.52. The Morgan fingerprint density at radius 2 is 2.09 bits per heavy atom. The fraction of sp³-hybridized carbons (Fsp3) is 0.167. The molecule has 0 atom stereocenters. The van der Waals surface area contributed by atoms with Crippen LogP contribution < -0.4 is 11.1 Å². The lowest BCUT2D eigenvalue weighted by molar-refractivity contribution is -0.115. The van der Waals surface area contributed by atoms with E-state index in [4.69, 9.17) is 10.5 Å². The second kappa shape index (κ2) is 7.43. The summed E-state index contributed by atoms with van der Waals surface area (Å²) in [7, 11) is 0. The Kier molecular flexibility index (Phi) is 5.33. The molecule has 114 valence electrons. The molecule has 0 aromatic heterocycles. The molecule has 0 heterocycles. The van der Waals surface area contributed by atoms with Crippen molar-refractivity contribution in [3.8, 4) is 0 Å². The van der Waals surface area contributed by atoms with Crippen LogP contribution in [0.4, 0.5) is 5.69 Å². The normalized spacial score (nSPS) is 13.7. The number of rotatable bonds is 5. The summed E-state index contributed by atoms with van der Waals surface area (Å²) in [5.74, 6) is 0.239. The molecule has 0 aliphatic heterocycles. The monoisotopic (exact) mass is 296 g/mol. The average Bonchev–Trinajstić information content (AvgIpc) is 2.74. The molecule has 4 heteroatoms. The number of allylic oxidation sites excluding steroid dienone is 4. The maximum absolute atomic E-state index is 12.1. The predicted octanol–water partition coefficient (Wildman–Crippen LogP) is 3.19. The first-order chi connectivity index (χ1) is 10.6. The summed E-state index contributed by atoms with van der Waals surface area (Å²) in [6.07, 6.45) is 8.39. The smallest absolute Gasteiger partial charge is 0.290 e. The van der Waals surface area contributed by atoms with E-state index in [9.17, 15) is 4.79 Å². The van der Waals surface area contributed by atoms with E-state index in [1.807, 2.05) is 55.5 Å². The minimum absolute atomic E-state index is 0.0353. The number of hydrogen-bond acceptors (Lipinski definition) is 3. The Morgan fingerprint density at radius 3 is 2.77 bits per heavy atom. The Balaban J connectivity index is 2.00. The van der Waals surface area contributed by atoms with Crippen molar-refractivity contribution >= 4 is 11.6 Å². The zero-order valence-corrected chi connectivity index (χ0v) is 12.6. The van der Waals surface area contributed by atoms with Crippen LogP contribution in [0.5, 0.6) is 0 Å². The summed E-state index contributed by atoms with van der Waals surface area (Å²) < 4.78 is 5.60. The van der Waals surface area contributed by atoms with Crippen molar-refractivity contribution in [2.75, 3.05) is 11.9 Å². The lowest BCUT2D eigenvalue weighted by Crippen LogP contribution is -2.17. The van der Waals surface area contributed by atoms with Crippen LogP contribution in [0.1, 0.15) is 12.0 Å². The van der Waals surface area contributed by atoms with Gasteiger partial charge < -0.3 is 15.8 Å². The molecule has 4 nitrogen and oxygen atoms in total. The van der Waals surface area contributed by atoms with E-state index in [2.05, 4.69) is 11.9 Å². The first-order valence-electron chi connectivity index (χ1n) is 7.11. The van der Waals surface area contributed by atoms with Gasteiger partial charge in [0.25, 0.3) is 5.91 Å². The van der Waals surface area contributed by atoms with E-state index in [0.717, 1.165) is 17.6 Å². The van der Waals surface area contributed by atoms with Gasteiger partial charge in [0.1, 0.15) is 5.76 Å². The number of anilines is 1. The maximum atomic E-state index is 12.1. The fourth-order valence-electron chi connectivity index (χ4n) is 1.94. The first-order valence-corrected chi connectivity index (χ1v) is 7.11. The van der Waals surface area contributed by atoms with E-state index in [1.165, 1.54) is 0 Å². The van der Waals surface area contributed by atoms with Gasteiger partial charge in [-0.3, -0.25) is 4.79 Å². The number of nitrogens with two attached hydrogens (primary N) is 1. The number of amides is 1. The third kappa shape index (κ3) is 4.20. The molecule has 1 aliphatic rings. The number of benzene rings is 1. The van der Waals surface area contributed by atoms with E-state index in [0.29, 0.717) is 18.0 Å². The summed E-state index contributed by atoms with van der Waals surface area (Å²) in [5, 5.41) is 2.75. The highest BCUT2D eigenvalue weighted by Gasteiger charge is 2.14. The van der Waals surface area contributed by atoms with Crippen molar-refractivity contribution in [2.45, 2.75) is 13.3 Å². The number of ether oxygens (including phenoxy) is 1. The first kappa shape index (κ1) is 15.8. The third-order valence-corrected chi connectivity index (χ3v) is 3.21. The van der Waals surface area contributed by atoms with Gasteiger partial charge in [-0.25, -0.2) is 0 Å². The van der Waals surface area contributed by atoms with E-state index >= 15 is 0 Å². The van der Waals surface area contributed by atoms with Gasteiger partial charge in [0.05, 0.1) is 0 Å². The third-order valence-electron chi connectivity index (χ3n) is 3.21. The standard InChI is InChI=1S/C18H20N2O2/c1-13-8-10-16(11-9-13)20-18(21)14(2)22-17-7-5-3-4-6-15(17)12-19/h3-4,6-11H,2,5,12,19H2,1H3,(H,20,21). The van der Waals surface area contributed by atoms with Crippen molar-refractivity contribution in [3.63, 3.8) is 0 Å². The average molecular weight is 296 g/mol. The molecular weight excluding hydrogens is 276 g/mol. The molecule has 3 N–H and O–H groups in total. The summed E-state index contributed by atoms with van der Waals surface area (Å²) in [6.45, 7) is 6.02. The SMILES string of the molecule is C=C(OC1=CCC=CC=C1CN)C(=O)Nc1ccc(C)cc1. The number of nitrogens with one attached hydrogen (secondary N) is 1. The van der Waals surface area contributed by atoms with Gasteiger partial charge in [0.15, 0.2) is 5.76 Å². The van der Waals surface area contributed by atoms with Gasteiger partial charge >= 0.3 is 0 Å². The molecule has 0 bridgehead atoms.